The Bertz CT molecular complexity index is 936. The number of sulfone groups is 1. The van der Waals surface area contributed by atoms with Crippen molar-refractivity contribution in [3.8, 4) is 0 Å². The number of rotatable bonds is 6. The maximum Gasteiger partial charge on any atom is 0.288 e. The van der Waals surface area contributed by atoms with Crippen LogP contribution in [0.5, 0.6) is 0 Å². The lowest BCUT2D eigenvalue weighted by atomic mass is 10.2. The van der Waals surface area contributed by atoms with Gasteiger partial charge in [0.2, 0.25) is 0 Å². The monoisotopic (exact) mass is 391 g/mol. The normalized spacial score (nSPS) is 17.1. The van der Waals surface area contributed by atoms with Crippen LogP contribution in [0.25, 0.3) is 0 Å². The summed E-state index contributed by atoms with van der Waals surface area (Å²) < 4.78 is 23.9. The van der Waals surface area contributed by atoms with E-state index in [2.05, 4.69) is 15.1 Å². The Morgan fingerprint density at radius 1 is 1.37 bits per heavy atom. The molecular weight excluding hydrogens is 370 g/mol. The second-order valence-electron chi connectivity index (χ2n) is 6.63. The molecule has 1 unspecified atom stereocenters. The third-order valence-corrected chi connectivity index (χ3v) is 5.82. The Morgan fingerprint density at radius 3 is 2.78 bits per heavy atom. The van der Waals surface area contributed by atoms with Crippen LogP contribution in [0.1, 0.15) is 12.8 Å². The topological polar surface area (TPSA) is 110 Å². The molecule has 3 rings (SSSR count). The van der Waals surface area contributed by atoms with Gasteiger partial charge in [-0.3, -0.25) is 10.1 Å². The van der Waals surface area contributed by atoms with E-state index in [1.54, 1.807) is 12.3 Å². The molecule has 1 aromatic heterocycles. The van der Waals surface area contributed by atoms with E-state index in [1.807, 2.05) is 24.1 Å². The first-order valence-electron chi connectivity index (χ1n) is 8.51. The maximum atomic E-state index is 12.0. The molecule has 1 fully saturated rings. The van der Waals surface area contributed by atoms with Gasteiger partial charge in [0.1, 0.15) is 4.90 Å². The molecule has 0 spiro atoms. The number of likely N-dealkylation sites (N-methyl/N-ethyl adjacent to an activating group) is 1. The molecule has 2 heterocycles. The zero-order valence-electron chi connectivity index (χ0n) is 15.1. The standard InChI is InChI=1S/C17H21N5O4S/c1-20(12-14-5-4-10-21(14)17-6-3-9-18-19-17)13-7-8-15(22(23)24)16(11-13)27(2,25)26/h3,6-9,11,14H,4-5,10,12H2,1-2H3. The van der Waals surface area contributed by atoms with Crippen LogP contribution in [0.3, 0.4) is 0 Å². The summed E-state index contributed by atoms with van der Waals surface area (Å²) in [5, 5.41) is 19.2. The minimum atomic E-state index is -3.71. The Morgan fingerprint density at radius 2 is 2.15 bits per heavy atom. The lowest BCUT2D eigenvalue weighted by Crippen LogP contribution is -2.39. The van der Waals surface area contributed by atoms with Gasteiger partial charge in [0.05, 0.1) is 4.92 Å². The first-order valence-corrected chi connectivity index (χ1v) is 10.4. The van der Waals surface area contributed by atoms with Crippen molar-refractivity contribution in [2.45, 2.75) is 23.8 Å². The summed E-state index contributed by atoms with van der Waals surface area (Å²) in [6.45, 7) is 1.52. The summed E-state index contributed by atoms with van der Waals surface area (Å²) in [5.41, 5.74) is 0.212. The first-order chi connectivity index (χ1) is 12.8. The van der Waals surface area contributed by atoms with Crippen LogP contribution in [0.2, 0.25) is 0 Å². The molecule has 0 amide bonds. The van der Waals surface area contributed by atoms with Gasteiger partial charge in [-0.15, -0.1) is 5.10 Å². The molecule has 0 bridgehead atoms. The Balaban J connectivity index is 1.84. The van der Waals surface area contributed by atoms with Gasteiger partial charge in [-0.05, 0) is 37.1 Å². The van der Waals surface area contributed by atoms with E-state index in [0.29, 0.717) is 12.2 Å². The van der Waals surface area contributed by atoms with Crippen molar-refractivity contribution in [1.29, 1.82) is 0 Å². The minimum absolute atomic E-state index is 0.198. The van der Waals surface area contributed by atoms with E-state index in [4.69, 9.17) is 0 Å². The van der Waals surface area contributed by atoms with Gasteiger partial charge >= 0.3 is 0 Å². The fourth-order valence-corrected chi connectivity index (χ4v) is 4.24. The third kappa shape index (κ3) is 4.16. The summed E-state index contributed by atoms with van der Waals surface area (Å²) in [5.74, 6) is 0.814. The van der Waals surface area contributed by atoms with Crippen molar-refractivity contribution >= 4 is 27.0 Å². The lowest BCUT2D eigenvalue weighted by molar-refractivity contribution is -0.387. The predicted octanol–water partition coefficient (Wildman–Crippen LogP) is 1.89. The smallest absolute Gasteiger partial charge is 0.288 e. The number of anilines is 2. The van der Waals surface area contributed by atoms with Gasteiger partial charge in [-0.25, -0.2) is 8.42 Å². The van der Waals surface area contributed by atoms with E-state index in [-0.39, 0.29) is 10.9 Å². The second-order valence-corrected chi connectivity index (χ2v) is 8.62. The first kappa shape index (κ1) is 19.0. The highest BCUT2D eigenvalue weighted by molar-refractivity contribution is 7.90. The minimum Gasteiger partial charge on any atom is -0.372 e. The van der Waals surface area contributed by atoms with Crippen molar-refractivity contribution in [2.75, 3.05) is 36.2 Å². The lowest BCUT2D eigenvalue weighted by Gasteiger charge is -2.30. The molecule has 2 aromatic rings. The molecule has 1 aromatic carbocycles. The van der Waals surface area contributed by atoms with E-state index in [0.717, 1.165) is 31.5 Å². The van der Waals surface area contributed by atoms with Gasteiger partial charge < -0.3 is 9.80 Å². The molecule has 1 saturated heterocycles. The molecule has 0 aliphatic carbocycles. The van der Waals surface area contributed by atoms with E-state index in [9.17, 15) is 18.5 Å². The van der Waals surface area contributed by atoms with Gasteiger partial charge in [-0.2, -0.15) is 5.10 Å². The molecule has 1 atom stereocenters. The van der Waals surface area contributed by atoms with Crippen molar-refractivity contribution in [3.05, 3.63) is 46.6 Å². The molecule has 144 valence electrons. The van der Waals surface area contributed by atoms with Crippen LogP contribution in [0.4, 0.5) is 17.2 Å². The Kier molecular flexibility index (Phi) is 5.26. The molecule has 0 saturated carbocycles. The molecule has 9 nitrogen and oxygen atoms in total. The van der Waals surface area contributed by atoms with Gasteiger partial charge in [0.25, 0.3) is 5.69 Å². The fraction of sp³-hybridized carbons (Fsp3) is 0.412. The Hall–Kier alpha value is -2.75. The molecule has 1 aliphatic rings. The highest BCUT2D eigenvalue weighted by Crippen LogP contribution is 2.30. The summed E-state index contributed by atoms with van der Waals surface area (Å²) in [6.07, 6.45) is 4.62. The average molecular weight is 391 g/mol. The quantitative estimate of drug-likeness (QED) is 0.542. The largest absolute Gasteiger partial charge is 0.372 e. The zero-order valence-corrected chi connectivity index (χ0v) is 16.0. The molecule has 0 N–H and O–H groups in total. The van der Waals surface area contributed by atoms with Crippen LogP contribution < -0.4 is 9.80 Å². The summed E-state index contributed by atoms with van der Waals surface area (Å²) in [7, 11) is -1.86. The van der Waals surface area contributed by atoms with Crippen LogP contribution in [-0.4, -0.2) is 56.0 Å². The molecule has 10 heteroatoms. The van der Waals surface area contributed by atoms with E-state index >= 15 is 0 Å². The summed E-state index contributed by atoms with van der Waals surface area (Å²) >= 11 is 0. The van der Waals surface area contributed by atoms with Crippen molar-refractivity contribution in [1.82, 2.24) is 10.2 Å². The highest BCUT2D eigenvalue weighted by Gasteiger charge is 2.28. The van der Waals surface area contributed by atoms with Crippen LogP contribution in [-0.2, 0) is 9.84 Å². The predicted molar refractivity (Wildman–Crippen MR) is 102 cm³/mol. The van der Waals surface area contributed by atoms with Crippen molar-refractivity contribution in [3.63, 3.8) is 0 Å². The molecule has 1 aliphatic heterocycles. The number of aromatic nitrogens is 2. The van der Waals surface area contributed by atoms with Gasteiger partial charge in [-0.1, -0.05) is 0 Å². The zero-order chi connectivity index (χ0) is 19.6. The third-order valence-electron chi connectivity index (χ3n) is 4.69. The fourth-order valence-electron chi connectivity index (χ4n) is 3.38. The van der Waals surface area contributed by atoms with Crippen LogP contribution in [0, 0.1) is 10.1 Å². The van der Waals surface area contributed by atoms with Crippen LogP contribution in [0.15, 0.2) is 41.4 Å². The summed E-state index contributed by atoms with van der Waals surface area (Å²) in [4.78, 5) is 14.3. The number of hydrogen-bond donors (Lipinski definition) is 0. The summed E-state index contributed by atoms with van der Waals surface area (Å²) in [6, 6.07) is 8.15. The van der Waals surface area contributed by atoms with Gasteiger partial charge in [0, 0.05) is 50.4 Å². The number of nitro benzene ring substituents is 1. The number of benzene rings is 1. The number of nitro groups is 1. The van der Waals surface area contributed by atoms with Crippen molar-refractivity contribution in [2.24, 2.45) is 0 Å². The van der Waals surface area contributed by atoms with E-state index in [1.165, 1.54) is 12.1 Å². The van der Waals surface area contributed by atoms with Crippen LogP contribution >= 0.6 is 0 Å². The molecule has 0 radical (unpaired) electrons. The van der Waals surface area contributed by atoms with Crippen molar-refractivity contribution < 1.29 is 13.3 Å². The average Bonchev–Trinajstić information content (AvgIpc) is 3.09. The number of nitrogens with zero attached hydrogens (tertiary/aromatic N) is 5. The number of hydrogen-bond acceptors (Lipinski definition) is 8. The molecule has 27 heavy (non-hydrogen) atoms. The SMILES string of the molecule is CN(CC1CCCN1c1cccnn1)c1ccc([N+](=O)[O-])c(S(C)(=O)=O)c1. The second kappa shape index (κ2) is 7.47. The van der Waals surface area contributed by atoms with E-state index < -0.39 is 20.4 Å². The highest BCUT2D eigenvalue weighted by atomic mass is 32.2. The maximum absolute atomic E-state index is 12.0. The van der Waals surface area contributed by atoms with Gasteiger partial charge in [0.15, 0.2) is 15.7 Å². The Labute approximate surface area is 157 Å². The molecular formula is C17H21N5O4S.